The van der Waals surface area contributed by atoms with Gasteiger partial charge in [-0.05, 0) is 49.6 Å². The highest BCUT2D eigenvalue weighted by atomic mass is 32.2. The Kier molecular flexibility index (Phi) is 6.57. The van der Waals surface area contributed by atoms with Crippen molar-refractivity contribution >= 4 is 27.3 Å². The maximum atomic E-state index is 12.5. The van der Waals surface area contributed by atoms with Gasteiger partial charge in [0.1, 0.15) is 0 Å². The number of nitrogens with one attached hydrogen (secondary N) is 1. The van der Waals surface area contributed by atoms with Crippen LogP contribution < -0.4 is 14.5 Å². The second kappa shape index (κ2) is 9.10. The molecule has 2 aromatic carbocycles. The molecule has 0 unspecified atom stereocenters. The molecule has 1 fully saturated rings. The van der Waals surface area contributed by atoms with Crippen LogP contribution in [0.3, 0.4) is 0 Å². The number of carbonyl (C=O) groups is 1. The maximum absolute atomic E-state index is 12.5. The normalized spacial score (nSPS) is 15.8. The van der Waals surface area contributed by atoms with Crippen molar-refractivity contribution in [2.75, 3.05) is 41.6 Å². The lowest BCUT2D eigenvalue weighted by Gasteiger charge is -2.28. The number of benzene rings is 2. The molecule has 28 heavy (non-hydrogen) atoms. The van der Waals surface area contributed by atoms with Crippen LogP contribution in [0, 0.1) is 0 Å². The Hall–Kier alpha value is -2.54. The van der Waals surface area contributed by atoms with Crippen molar-refractivity contribution in [2.24, 2.45) is 0 Å². The van der Waals surface area contributed by atoms with E-state index in [1.807, 2.05) is 25.2 Å². The van der Waals surface area contributed by atoms with E-state index in [1.54, 1.807) is 24.3 Å². The van der Waals surface area contributed by atoms with E-state index in [4.69, 9.17) is 0 Å². The summed E-state index contributed by atoms with van der Waals surface area (Å²) in [5.74, 6) is -0.0168. The van der Waals surface area contributed by atoms with Gasteiger partial charge in [0.25, 0.3) is 5.91 Å². The van der Waals surface area contributed by atoms with Crippen molar-refractivity contribution in [1.29, 1.82) is 0 Å². The lowest BCUT2D eigenvalue weighted by atomic mass is 10.2. The van der Waals surface area contributed by atoms with E-state index in [-0.39, 0.29) is 11.7 Å². The number of carbonyl (C=O) groups excluding carboxylic acids is 1. The Morgan fingerprint density at radius 2 is 1.89 bits per heavy atom. The molecule has 1 aliphatic heterocycles. The first-order valence-electron chi connectivity index (χ1n) is 9.62. The molecule has 1 amide bonds. The Morgan fingerprint density at radius 3 is 2.64 bits per heavy atom. The first-order chi connectivity index (χ1) is 13.5. The standard InChI is InChI=1S/C21H27N3O3S/c1-23(19-10-3-2-4-11-19)14-8-13-22-21(25)18-9-7-12-20(17-18)24-15-5-6-16-28(24,26)27/h2-4,7,9-12,17H,5-6,8,13-16H2,1H3,(H,22,25). The highest BCUT2D eigenvalue weighted by molar-refractivity contribution is 7.92. The van der Waals surface area contributed by atoms with Crippen LogP contribution in [0.5, 0.6) is 0 Å². The molecule has 0 radical (unpaired) electrons. The third-order valence-electron chi connectivity index (χ3n) is 4.90. The van der Waals surface area contributed by atoms with Crippen LogP contribution in [0.4, 0.5) is 11.4 Å². The first kappa shape index (κ1) is 20.2. The van der Waals surface area contributed by atoms with Crippen LogP contribution in [-0.4, -0.2) is 46.8 Å². The van der Waals surface area contributed by atoms with Crippen molar-refractivity contribution in [3.05, 3.63) is 60.2 Å². The molecule has 1 heterocycles. The fourth-order valence-electron chi connectivity index (χ4n) is 3.31. The zero-order chi connectivity index (χ0) is 20.0. The van der Waals surface area contributed by atoms with Gasteiger partial charge < -0.3 is 10.2 Å². The van der Waals surface area contributed by atoms with Crippen molar-refractivity contribution in [3.63, 3.8) is 0 Å². The molecule has 150 valence electrons. The number of para-hydroxylation sites is 1. The highest BCUT2D eigenvalue weighted by Gasteiger charge is 2.26. The summed E-state index contributed by atoms with van der Waals surface area (Å²) in [5.41, 5.74) is 2.19. The smallest absolute Gasteiger partial charge is 0.251 e. The molecule has 6 nitrogen and oxygen atoms in total. The van der Waals surface area contributed by atoms with E-state index < -0.39 is 10.0 Å². The van der Waals surface area contributed by atoms with Crippen LogP contribution in [0.1, 0.15) is 29.6 Å². The van der Waals surface area contributed by atoms with Gasteiger partial charge >= 0.3 is 0 Å². The van der Waals surface area contributed by atoms with E-state index in [2.05, 4.69) is 22.3 Å². The van der Waals surface area contributed by atoms with E-state index in [0.29, 0.717) is 30.8 Å². The Balaban J connectivity index is 1.53. The summed E-state index contributed by atoms with van der Waals surface area (Å²) >= 11 is 0. The SMILES string of the molecule is CN(CCCNC(=O)c1cccc(N2CCCCS2(=O)=O)c1)c1ccccc1. The van der Waals surface area contributed by atoms with E-state index >= 15 is 0 Å². The largest absolute Gasteiger partial charge is 0.375 e. The molecule has 7 heteroatoms. The third kappa shape index (κ3) is 5.04. The molecule has 2 aromatic rings. The van der Waals surface area contributed by atoms with Crippen molar-refractivity contribution in [1.82, 2.24) is 5.32 Å². The number of amides is 1. The van der Waals surface area contributed by atoms with Crippen LogP contribution in [0.2, 0.25) is 0 Å². The van der Waals surface area contributed by atoms with Crippen LogP contribution in [-0.2, 0) is 10.0 Å². The van der Waals surface area contributed by atoms with Crippen molar-refractivity contribution in [2.45, 2.75) is 19.3 Å². The fourth-order valence-corrected chi connectivity index (χ4v) is 4.94. The van der Waals surface area contributed by atoms with Crippen LogP contribution in [0.25, 0.3) is 0 Å². The molecule has 0 aromatic heterocycles. The van der Waals surface area contributed by atoms with Gasteiger partial charge in [-0.15, -0.1) is 0 Å². The van der Waals surface area contributed by atoms with Gasteiger partial charge in [0.15, 0.2) is 0 Å². The van der Waals surface area contributed by atoms with Crippen LogP contribution in [0.15, 0.2) is 54.6 Å². The van der Waals surface area contributed by atoms with Crippen molar-refractivity contribution in [3.8, 4) is 0 Å². The second-order valence-electron chi connectivity index (χ2n) is 7.01. The number of hydrogen-bond donors (Lipinski definition) is 1. The minimum Gasteiger partial charge on any atom is -0.375 e. The van der Waals surface area contributed by atoms with Gasteiger partial charge in [0, 0.05) is 37.9 Å². The Labute approximate surface area is 167 Å². The summed E-state index contributed by atoms with van der Waals surface area (Å²) in [6.45, 7) is 1.86. The number of anilines is 2. The predicted molar refractivity (Wildman–Crippen MR) is 113 cm³/mol. The van der Waals surface area contributed by atoms with E-state index in [9.17, 15) is 13.2 Å². The van der Waals surface area contributed by atoms with Gasteiger partial charge in [-0.25, -0.2) is 8.42 Å². The van der Waals surface area contributed by atoms with Crippen LogP contribution >= 0.6 is 0 Å². The summed E-state index contributed by atoms with van der Waals surface area (Å²) in [6, 6.07) is 17.0. The van der Waals surface area contributed by atoms with E-state index in [0.717, 1.165) is 25.1 Å². The molecule has 0 bridgehead atoms. The van der Waals surface area contributed by atoms with Crippen molar-refractivity contribution < 1.29 is 13.2 Å². The number of sulfonamides is 1. The lowest BCUT2D eigenvalue weighted by Crippen LogP contribution is -2.38. The summed E-state index contributed by atoms with van der Waals surface area (Å²) in [5, 5.41) is 2.92. The fraction of sp³-hybridized carbons (Fsp3) is 0.381. The van der Waals surface area contributed by atoms with Gasteiger partial charge in [0.05, 0.1) is 11.4 Å². The molecule has 0 spiro atoms. The molecular weight excluding hydrogens is 374 g/mol. The second-order valence-corrected chi connectivity index (χ2v) is 9.02. The topological polar surface area (TPSA) is 69.7 Å². The summed E-state index contributed by atoms with van der Waals surface area (Å²) in [4.78, 5) is 14.6. The predicted octanol–water partition coefficient (Wildman–Crippen LogP) is 2.87. The summed E-state index contributed by atoms with van der Waals surface area (Å²) in [6.07, 6.45) is 2.35. The third-order valence-corrected chi connectivity index (χ3v) is 6.77. The van der Waals surface area contributed by atoms with Gasteiger partial charge in [0.2, 0.25) is 10.0 Å². The number of nitrogens with zero attached hydrogens (tertiary/aromatic N) is 2. The lowest BCUT2D eigenvalue weighted by molar-refractivity contribution is 0.0953. The zero-order valence-corrected chi connectivity index (χ0v) is 17.0. The molecule has 3 rings (SSSR count). The average molecular weight is 402 g/mol. The van der Waals surface area contributed by atoms with E-state index in [1.165, 1.54) is 4.31 Å². The number of hydrogen-bond acceptors (Lipinski definition) is 4. The Bertz CT molecular complexity index is 900. The Morgan fingerprint density at radius 1 is 1.11 bits per heavy atom. The molecule has 1 aliphatic rings. The summed E-state index contributed by atoms with van der Waals surface area (Å²) < 4.78 is 26.0. The van der Waals surface area contributed by atoms with Gasteiger partial charge in [-0.3, -0.25) is 9.10 Å². The quantitative estimate of drug-likeness (QED) is 0.725. The molecule has 1 saturated heterocycles. The molecule has 0 saturated carbocycles. The monoisotopic (exact) mass is 401 g/mol. The summed E-state index contributed by atoms with van der Waals surface area (Å²) in [7, 11) is -1.25. The first-order valence-corrected chi connectivity index (χ1v) is 11.2. The average Bonchev–Trinajstić information content (AvgIpc) is 2.71. The minimum absolute atomic E-state index is 0.165. The molecule has 1 N–H and O–H groups in total. The molecule has 0 atom stereocenters. The van der Waals surface area contributed by atoms with Gasteiger partial charge in [-0.1, -0.05) is 24.3 Å². The highest BCUT2D eigenvalue weighted by Crippen LogP contribution is 2.24. The minimum atomic E-state index is -3.28. The number of rotatable bonds is 7. The van der Waals surface area contributed by atoms with Gasteiger partial charge in [-0.2, -0.15) is 0 Å². The maximum Gasteiger partial charge on any atom is 0.251 e. The molecule has 0 aliphatic carbocycles. The zero-order valence-electron chi connectivity index (χ0n) is 16.2. The molecular formula is C21H27N3O3S.